The number of hydrogen-bond acceptors (Lipinski definition) is 4. The van der Waals surface area contributed by atoms with E-state index < -0.39 is 0 Å². The van der Waals surface area contributed by atoms with Crippen LogP contribution in [-0.2, 0) is 13.1 Å². The fourth-order valence-corrected chi connectivity index (χ4v) is 3.88. The lowest BCUT2D eigenvalue weighted by atomic mass is 10.1. The molecule has 3 heterocycles. The molecule has 6 nitrogen and oxygen atoms in total. The molecule has 7 heteroatoms. The van der Waals surface area contributed by atoms with Crippen molar-refractivity contribution < 1.29 is 9.18 Å². The number of benzene rings is 1. The van der Waals surface area contributed by atoms with Crippen LogP contribution in [0.3, 0.4) is 0 Å². The van der Waals surface area contributed by atoms with E-state index in [0.717, 1.165) is 11.3 Å². The summed E-state index contributed by atoms with van der Waals surface area (Å²) in [4.78, 5) is 34.6. The third kappa shape index (κ3) is 3.98. The number of halogens is 1. The fraction of sp³-hybridized carbons (Fsp3) is 0.348. The Kier molecular flexibility index (Phi) is 5.63. The van der Waals surface area contributed by atoms with E-state index in [9.17, 15) is 14.0 Å². The van der Waals surface area contributed by atoms with Gasteiger partial charge in [0.1, 0.15) is 17.0 Å². The molecule has 0 aliphatic carbocycles. The maximum Gasteiger partial charge on any atom is 0.259 e. The Morgan fingerprint density at radius 3 is 2.43 bits per heavy atom. The van der Waals surface area contributed by atoms with Gasteiger partial charge in [0, 0.05) is 51.2 Å². The number of amides is 1. The summed E-state index contributed by atoms with van der Waals surface area (Å²) in [5.41, 5.74) is 2.42. The highest BCUT2D eigenvalue weighted by Crippen LogP contribution is 2.14. The Labute approximate surface area is 174 Å². The van der Waals surface area contributed by atoms with Crippen molar-refractivity contribution in [3.63, 3.8) is 0 Å². The second kappa shape index (κ2) is 8.36. The van der Waals surface area contributed by atoms with Crippen LogP contribution < -0.4 is 5.43 Å². The van der Waals surface area contributed by atoms with Gasteiger partial charge in [0.25, 0.3) is 5.91 Å². The van der Waals surface area contributed by atoms with Gasteiger partial charge in [0.05, 0.1) is 5.39 Å². The zero-order chi connectivity index (χ0) is 21.3. The first kappa shape index (κ1) is 20.2. The molecule has 1 aliphatic rings. The van der Waals surface area contributed by atoms with E-state index in [1.54, 1.807) is 35.4 Å². The number of pyridine rings is 2. The Morgan fingerprint density at radius 1 is 1.07 bits per heavy atom. The molecule has 0 radical (unpaired) electrons. The molecule has 4 rings (SSSR count). The van der Waals surface area contributed by atoms with Crippen molar-refractivity contribution in [3.8, 4) is 0 Å². The lowest BCUT2D eigenvalue weighted by Gasteiger charge is -2.34. The quantitative estimate of drug-likeness (QED) is 0.666. The van der Waals surface area contributed by atoms with Crippen molar-refractivity contribution in [2.24, 2.45) is 0 Å². The second-order valence-electron chi connectivity index (χ2n) is 7.68. The highest BCUT2D eigenvalue weighted by molar-refractivity contribution is 5.97. The average Bonchev–Trinajstić information content (AvgIpc) is 2.76. The van der Waals surface area contributed by atoms with Gasteiger partial charge in [0.15, 0.2) is 0 Å². The fourth-order valence-electron chi connectivity index (χ4n) is 3.88. The number of fused-ring (bicyclic) bond motifs is 1. The summed E-state index contributed by atoms with van der Waals surface area (Å²) in [7, 11) is 0. The number of nitrogens with zero attached hydrogens (tertiary/aromatic N) is 4. The lowest BCUT2D eigenvalue weighted by molar-refractivity contribution is 0.0626. The molecule has 1 saturated heterocycles. The molecule has 0 unspecified atom stereocenters. The van der Waals surface area contributed by atoms with Crippen molar-refractivity contribution >= 4 is 16.9 Å². The summed E-state index contributed by atoms with van der Waals surface area (Å²) in [6.45, 7) is 7.71. The van der Waals surface area contributed by atoms with Crippen LogP contribution >= 0.6 is 0 Å². The zero-order valence-electron chi connectivity index (χ0n) is 17.3. The van der Waals surface area contributed by atoms with Gasteiger partial charge in [-0.3, -0.25) is 14.5 Å². The first-order valence-corrected chi connectivity index (χ1v) is 10.2. The topological polar surface area (TPSA) is 58.4 Å². The van der Waals surface area contributed by atoms with Gasteiger partial charge in [-0.15, -0.1) is 0 Å². The largest absolute Gasteiger partial charge is 0.336 e. The molecular formula is C23H25FN4O2. The number of carbonyl (C=O) groups excluding carboxylic acids is 1. The minimum atomic E-state index is -0.263. The summed E-state index contributed by atoms with van der Waals surface area (Å²) in [5.74, 6) is -0.473. The molecular weight excluding hydrogens is 383 g/mol. The molecule has 1 fully saturated rings. The summed E-state index contributed by atoms with van der Waals surface area (Å²) < 4.78 is 14.9. The van der Waals surface area contributed by atoms with E-state index in [-0.39, 0.29) is 22.7 Å². The van der Waals surface area contributed by atoms with Crippen LogP contribution in [-0.4, -0.2) is 51.4 Å². The number of piperazine rings is 1. The number of aromatic nitrogens is 2. The number of aryl methyl sites for hydroxylation is 2. The maximum absolute atomic E-state index is 13.1. The van der Waals surface area contributed by atoms with Crippen LogP contribution in [0.25, 0.3) is 11.0 Å². The van der Waals surface area contributed by atoms with Crippen molar-refractivity contribution in [2.75, 3.05) is 26.2 Å². The van der Waals surface area contributed by atoms with Crippen molar-refractivity contribution in [1.29, 1.82) is 0 Å². The molecule has 2 aromatic heterocycles. The predicted octanol–water partition coefficient (Wildman–Crippen LogP) is 2.82. The Balaban J connectivity index is 1.51. The monoisotopic (exact) mass is 408 g/mol. The molecule has 156 valence electrons. The maximum atomic E-state index is 13.1. The third-order valence-corrected chi connectivity index (χ3v) is 5.61. The molecule has 0 bridgehead atoms. The molecule has 0 atom stereocenters. The van der Waals surface area contributed by atoms with Gasteiger partial charge < -0.3 is 9.47 Å². The van der Waals surface area contributed by atoms with E-state index >= 15 is 0 Å². The van der Waals surface area contributed by atoms with Crippen molar-refractivity contribution in [1.82, 2.24) is 19.4 Å². The number of rotatable bonds is 4. The van der Waals surface area contributed by atoms with Crippen LogP contribution in [0, 0.1) is 12.7 Å². The molecule has 0 N–H and O–H groups in total. The molecule has 30 heavy (non-hydrogen) atoms. The van der Waals surface area contributed by atoms with Gasteiger partial charge in [-0.25, -0.2) is 9.37 Å². The van der Waals surface area contributed by atoms with Crippen LogP contribution in [0.5, 0.6) is 0 Å². The van der Waals surface area contributed by atoms with E-state index in [0.29, 0.717) is 50.3 Å². The molecule has 3 aromatic rings. The molecule has 1 aromatic carbocycles. The van der Waals surface area contributed by atoms with Crippen molar-refractivity contribution in [3.05, 3.63) is 75.5 Å². The van der Waals surface area contributed by atoms with Gasteiger partial charge in [-0.2, -0.15) is 0 Å². The summed E-state index contributed by atoms with van der Waals surface area (Å²) in [5, 5.41) is 0.475. The number of hydrogen-bond donors (Lipinski definition) is 0. The Bertz CT molecular complexity index is 1130. The molecule has 0 saturated carbocycles. The normalized spacial score (nSPS) is 15.0. The van der Waals surface area contributed by atoms with Crippen molar-refractivity contribution in [2.45, 2.75) is 26.9 Å². The van der Waals surface area contributed by atoms with Gasteiger partial charge in [-0.05, 0) is 43.7 Å². The van der Waals surface area contributed by atoms with Crippen LogP contribution in [0.4, 0.5) is 4.39 Å². The predicted molar refractivity (Wildman–Crippen MR) is 114 cm³/mol. The first-order valence-electron chi connectivity index (χ1n) is 10.2. The van der Waals surface area contributed by atoms with E-state index in [4.69, 9.17) is 0 Å². The van der Waals surface area contributed by atoms with E-state index in [2.05, 4.69) is 9.88 Å². The smallest absolute Gasteiger partial charge is 0.259 e. The van der Waals surface area contributed by atoms with Gasteiger partial charge >= 0.3 is 0 Å². The lowest BCUT2D eigenvalue weighted by Crippen LogP contribution is -2.49. The highest BCUT2D eigenvalue weighted by atomic mass is 19.1. The second-order valence-corrected chi connectivity index (χ2v) is 7.68. The number of carbonyl (C=O) groups is 1. The molecule has 1 aliphatic heterocycles. The van der Waals surface area contributed by atoms with E-state index in [1.165, 1.54) is 12.1 Å². The van der Waals surface area contributed by atoms with Gasteiger partial charge in [0.2, 0.25) is 5.43 Å². The van der Waals surface area contributed by atoms with Gasteiger partial charge in [-0.1, -0.05) is 12.1 Å². The van der Waals surface area contributed by atoms with Crippen LogP contribution in [0.1, 0.15) is 28.5 Å². The highest BCUT2D eigenvalue weighted by Gasteiger charge is 2.25. The SMILES string of the molecule is CCn1cc(C(=O)N2CCN(Cc3ccc(F)cc3)CC2)c(=O)c2ccc(C)nc21. The molecule has 1 amide bonds. The Morgan fingerprint density at radius 2 is 1.77 bits per heavy atom. The molecule has 0 spiro atoms. The third-order valence-electron chi connectivity index (χ3n) is 5.61. The Hall–Kier alpha value is -3.06. The average molecular weight is 408 g/mol. The first-order chi connectivity index (χ1) is 14.5. The summed E-state index contributed by atoms with van der Waals surface area (Å²) in [6.07, 6.45) is 1.64. The van der Waals surface area contributed by atoms with Crippen LogP contribution in [0.2, 0.25) is 0 Å². The summed E-state index contributed by atoms with van der Waals surface area (Å²) >= 11 is 0. The minimum Gasteiger partial charge on any atom is -0.336 e. The van der Waals surface area contributed by atoms with Crippen LogP contribution in [0.15, 0.2) is 47.4 Å². The zero-order valence-corrected chi connectivity index (χ0v) is 17.3. The van der Waals surface area contributed by atoms with E-state index in [1.807, 2.05) is 18.4 Å². The standard InChI is InChI=1S/C23H25FN4O2/c1-3-27-15-20(21(29)19-9-4-16(2)25-22(19)27)23(30)28-12-10-26(11-13-28)14-17-5-7-18(24)8-6-17/h4-9,15H,3,10-14H2,1-2H3. The minimum absolute atomic E-state index is 0.196. The summed E-state index contributed by atoms with van der Waals surface area (Å²) in [6, 6.07) is 10.0.